The second-order valence-electron chi connectivity index (χ2n) is 5.97. The number of methoxy groups -OCH3 is 1. The van der Waals surface area contributed by atoms with Gasteiger partial charge in [-0.1, -0.05) is 15.9 Å². The van der Waals surface area contributed by atoms with Crippen LogP contribution in [0.2, 0.25) is 0 Å². The molecule has 1 aliphatic heterocycles. The Kier molecular flexibility index (Phi) is 5.58. The van der Waals surface area contributed by atoms with E-state index in [-0.39, 0.29) is 6.10 Å². The fraction of sp³-hybridized carbons (Fsp3) is 0.368. The number of benzene rings is 2. The molecule has 0 fully saturated rings. The van der Waals surface area contributed by atoms with Crippen molar-refractivity contribution in [2.75, 3.05) is 25.6 Å². The monoisotopic (exact) mass is 407 g/mol. The first-order valence-corrected chi connectivity index (χ1v) is 9.02. The van der Waals surface area contributed by atoms with Crippen LogP contribution in [0.4, 0.5) is 5.69 Å². The summed E-state index contributed by atoms with van der Waals surface area (Å²) in [7, 11) is 1.65. The van der Waals surface area contributed by atoms with E-state index < -0.39 is 0 Å². The molecule has 1 heterocycles. The molecule has 25 heavy (non-hydrogen) atoms. The van der Waals surface area contributed by atoms with E-state index in [9.17, 15) is 0 Å². The summed E-state index contributed by atoms with van der Waals surface area (Å²) in [4.78, 5) is 0. The van der Waals surface area contributed by atoms with E-state index in [1.54, 1.807) is 7.11 Å². The highest BCUT2D eigenvalue weighted by Crippen LogP contribution is 2.37. The number of nitrogens with one attached hydrogen (secondary N) is 1. The Hall–Kier alpha value is -2.08. The summed E-state index contributed by atoms with van der Waals surface area (Å²) >= 11 is 3.53. The molecule has 0 saturated carbocycles. The van der Waals surface area contributed by atoms with Crippen molar-refractivity contribution < 1.29 is 18.9 Å². The van der Waals surface area contributed by atoms with Crippen molar-refractivity contribution in [2.45, 2.75) is 26.5 Å². The molecular weight excluding hydrogens is 386 g/mol. The highest BCUT2D eigenvalue weighted by molar-refractivity contribution is 9.10. The molecule has 1 aliphatic rings. The van der Waals surface area contributed by atoms with E-state index in [1.807, 2.05) is 44.2 Å². The largest absolute Gasteiger partial charge is 0.493 e. The summed E-state index contributed by atoms with van der Waals surface area (Å²) in [6.45, 7) is 5.76. The van der Waals surface area contributed by atoms with E-state index in [0.717, 1.165) is 33.0 Å². The van der Waals surface area contributed by atoms with Gasteiger partial charge in [-0.05, 0) is 38.1 Å². The lowest BCUT2D eigenvalue weighted by Gasteiger charge is -2.20. The van der Waals surface area contributed by atoms with Crippen LogP contribution in [0.25, 0.3) is 0 Å². The first-order valence-electron chi connectivity index (χ1n) is 8.23. The van der Waals surface area contributed by atoms with Crippen LogP contribution in [-0.2, 0) is 6.54 Å². The molecule has 0 radical (unpaired) electrons. The summed E-state index contributed by atoms with van der Waals surface area (Å²) < 4.78 is 23.6. The van der Waals surface area contributed by atoms with Crippen LogP contribution in [0.15, 0.2) is 34.8 Å². The lowest BCUT2D eigenvalue weighted by molar-refractivity contribution is 0.171. The third kappa shape index (κ3) is 4.31. The lowest BCUT2D eigenvalue weighted by atomic mass is 10.1. The van der Waals surface area contributed by atoms with E-state index in [0.29, 0.717) is 25.5 Å². The van der Waals surface area contributed by atoms with Gasteiger partial charge in [-0.25, -0.2) is 0 Å². The van der Waals surface area contributed by atoms with Crippen molar-refractivity contribution in [3.05, 3.63) is 40.4 Å². The van der Waals surface area contributed by atoms with Crippen LogP contribution in [0.5, 0.6) is 23.0 Å². The van der Waals surface area contributed by atoms with Gasteiger partial charge in [-0.2, -0.15) is 0 Å². The number of ether oxygens (including phenoxy) is 4. The van der Waals surface area contributed by atoms with Crippen LogP contribution >= 0.6 is 15.9 Å². The molecule has 2 aromatic carbocycles. The average molecular weight is 408 g/mol. The number of hydrogen-bond acceptors (Lipinski definition) is 5. The topological polar surface area (TPSA) is 49.0 Å². The highest BCUT2D eigenvalue weighted by Gasteiger charge is 2.15. The first kappa shape index (κ1) is 17.7. The van der Waals surface area contributed by atoms with Crippen molar-refractivity contribution in [3.8, 4) is 23.0 Å². The molecule has 0 bridgehead atoms. The lowest BCUT2D eigenvalue weighted by Crippen LogP contribution is -2.15. The van der Waals surface area contributed by atoms with E-state index >= 15 is 0 Å². The minimum absolute atomic E-state index is 0.0584. The molecule has 0 saturated heterocycles. The molecule has 0 aromatic heterocycles. The molecule has 134 valence electrons. The third-order valence-electron chi connectivity index (χ3n) is 3.70. The zero-order chi connectivity index (χ0) is 17.8. The van der Waals surface area contributed by atoms with Gasteiger partial charge >= 0.3 is 0 Å². The quantitative estimate of drug-likeness (QED) is 0.756. The van der Waals surface area contributed by atoms with E-state index in [1.165, 1.54) is 0 Å². The first-order chi connectivity index (χ1) is 12.1. The number of anilines is 1. The van der Waals surface area contributed by atoms with Crippen LogP contribution < -0.4 is 24.3 Å². The molecule has 0 aliphatic carbocycles. The van der Waals surface area contributed by atoms with Crippen LogP contribution in [-0.4, -0.2) is 26.4 Å². The summed E-state index contributed by atoms with van der Waals surface area (Å²) in [5, 5.41) is 3.41. The maximum Gasteiger partial charge on any atom is 0.166 e. The second kappa shape index (κ2) is 7.87. The summed E-state index contributed by atoms with van der Waals surface area (Å²) in [5.74, 6) is 3.01. The van der Waals surface area contributed by atoms with Gasteiger partial charge in [0.05, 0.1) is 13.2 Å². The van der Waals surface area contributed by atoms with Gasteiger partial charge in [-0.15, -0.1) is 0 Å². The van der Waals surface area contributed by atoms with Crippen molar-refractivity contribution in [3.63, 3.8) is 0 Å². The Bertz CT molecular complexity index is 748. The van der Waals surface area contributed by atoms with Gasteiger partial charge in [-0.3, -0.25) is 0 Å². The number of rotatable bonds is 6. The average Bonchev–Trinajstić information content (AvgIpc) is 2.61. The number of halogens is 1. The Morgan fingerprint density at radius 2 is 1.88 bits per heavy atom. The molecule has 6 heteroatoms. The Balaban J connectivity index is 1.81. The normalized spacial score (nSPS) is 12.8. The van der Waals surface area contributed by atoms with Gasteiger partial charge in [0.25, 0.3) is 0 Å². The smallest absolute Gasteiger partial charge is 0.166 e. The molecular formula is C19H22BrNO4. The van der Waals surface area contributed by atoms with Crippen molar-refractivity contribution in [2.24, 2.45) is 0 Å². The summed E-state index contributed by atoms with van der Waals surface area (Å²) in [6, 6.07) is 9.79. The minimum atomic E-state index is 0.0584. The molecule has 1 N–H and O–H groups in total. The fourth-order valence-corrected chi connectivity index (χ4v) is 3.11. The molecule has 0 atom stereocenters. The molecule has 2 aromatic rings. The van der Waals surface area contributed by atoms with Crippen LogP contribution in [0, 0.1) is 0 Å². The third-order valence-corrected chi connectivity index (χ3v) is 4.15. The molecule has 3 rings (SSSR count). The molecule has 5 nitrogen and oxygen atoms in total. The second-order valence-corrected chi connectivity index (χ2v) is 6.89. The standard InChI is InChI=1S/C19H22BrNO4/c1-12(2)25-19-13(8-14(20)9-18(19)22-3)11-21-15-4-5-16-17(10-15)24-7-6-23-16/h4-5,8-10,12,21H,6-7,11H2,1-3H3. The Morgan fingerprint density at radius 1 is 1.12 bits per heavy atom. The van der Waals surface area contributed by atoms with Crippen LogP contribution in [0.1, 0.15) is 19.4 Å². The minimum Gasteiger partial charge on any atom is -0.493 e. The zero-order valence-corrected chi connectivity index (χ0v) is 16.2. The van der Waals surface area contributed by atoms with Gasteiger partial charge in [0.15, 0.2) is 23.0 Å². The number of hydrogen-bond donors (Lipinski definition) is 1. The maximum atomic E-state index is 5.97. The van der Waals surface area contributed by atoms with E-state index in [4.69, 9.17) is 18.9 Å². The van der Waals surface area contributed by atoms with Crippen molar-refractivity contribution >= 4 is 21.6 Å². The number of fused-ring (bicyclic) bond motifs is 1. The van der Waals surface area contributed by atoms with Gasteiger partial charge in [0.1, 0.15) is 13.2 Å². The predicted octanol–water partition coefficient (Wildman–Crippen LogP) is 4.63. The summed E-state index contributed by atoms with van der Waals surface area (Å²) in [6.07, 6.45) is 0.0584. The van der Waals surface area contributed by atoms with Crippen molar-refractivity contribution in [1.29, 1.82) is 0 Å². The predicted molar refractivity (Wildman–Crippen MR) is 101 cm³/mol. The maximum absolute atomic E-state index is 5.97. The fourth-order valence-electron chi connectivity index (χ4n) is 2.63. The van der Waals surface area contributed by atoms with Gasteiger partial charge < -0.3 is 24.3 Å². The van der Waals surface area contributed by atoms with Crippen molar-refractivity contribution in [1.82, 2.24) is 0 Å². The Morgan fingerprint density at radius 3 is 2.60 bits per heavy atom. The van der Waals surface area contributed by atoms with Gasteiger partial charge in [0.2, 0.25) is 0 Å². The summed E-state index contributed by atoms with van der Waals surface area (Å²) in [5.41, 5.74) is 1.97. The van der Waals surface area contributed by atoms with Crippen LogP contribution in [0.3, 0.4) is 0 Å². The van der Waals surface area contributed by atoms with Gasteiger partial charge in [0, 0.05) is 28.3 Å². The zero-order valence-electron chi connectivity index (χ0n) is 14.6. The molecule has 0 unspecified atom stereocenters. The SMILES string of the molecule is COc1cc(Br)cc(CNc2ccc3c(c2)OCCO3)c1OC(C)C. The Labute approximate surface area is 156 Å². The molecule has 0 spiro atoms. The van der Waals surface area contributed by atoms with E-state index in [2.05, 4.69) is 21.2 Å². The molecule has 0 amide bonds. The highest BCUT2D eigenvalue weighted by atomic mass is 79.9.